The smallest absolute Gasteiger partial charge is 0.399 e. The molecule has 6 heteroatoms. The molecular weight excluding hydrogens is 208 g/mol. The summed E-state index contributed by atoms with van der Waals surface area (Å²) in [5.74, 6) is 0.611. The number of oxazole rings is 1. The average molecular weight is 222 g/mol. The van der Waals surface area contributed by atoms with E-state index in [2.05, 4.69) is 15.4 Å². The Morgan fingerprint density at radius 2 is 2.44 bits per heavy atom. The van der Waals surface area contributed by atoms with Crippen molar-refractivity contribution < 1.29 is 9.15 Å². The monoisotopic (exact) mass is 222 g/mol. The first-order valence-corrected chi connectivity index (χ1v) is 5.09. The summed E-state index contributed by atoms with van der Waals surface area (Å²) < 4.78 is 12.2. The zero-order valence-electron chi connectivity index (χ0n) is 9.30. The summed E-state index contributed by atoms with van der Waals surface area (Å²) in [5, 5.41) is 7.13. The Hall–Kier alpha value is -1.82. The minimum Gasteiger partial charge on any atom is -0.417 e. The van der Waals surface area contributed by atoms with Crippen molar-refractivity contribution in [3.05, 3.63) is 24.4 Å². The molecule has 2 aromatic rings. The largest absolute Gasteiger partial charge is 0.417 e. The molecule has 0 amide bonds. The lowest BCUT2D eigenvalue weighted by Crippen LogP contribution is -2.11. The highest BCUT2D eigenvalue weighted by atomic mass is 16.6. The Morgan fingerprint density at radius 3 is 3.12 bits per heavy atom. The quantitative estimate of drug-likeness (QED) is 0.826. The lowest BCUT2D eigenvalue weighted by atomic mass is 10.5. The fourth-order valence-electron chi connectivity index (χ4n) is 1.22. The molecule has 16 heavy (non-hydrogen) atoms. The SMILES string of the molecule is CCNCc1coc(Oc2cnn(C)c2)n1. The van der Waals surface area contributed by atoms with Crippen molar-refractivity contribution in [3.8, 4) is 11.8 Å². The second-order valence-electron chi connectivity index (χ2n) is 3.34. The van der Waals surface area contributed by atoms with Crippen LogP contribution >= 0.6 is 0 Å². The van der Waals surface area contributed by atoms with Crippen LogP contribution in [0.5, 0.6) is 11.8 Å². The minimum atomic E-state index is 0.237. The number of nitrogens with one attached hydrogen (secondary N) is 1. The van der Waals surface area contributed by atoms with Crippen LogP contribution in [0.25, 0.3) is 0 Å². The van der Waals surface area contributed by atoms with Gasteiger partial charge in [-0.15, -0.1) is 0 Å². The number of hydrogen-bond acceptors (Lipinski definition) is 5. The second kappa shape index (κ2) is 4.80. The standard InChI is InChI=1S/C10H14N4O2/c1-3-11-4-8-7-15-10(13-8)16-9-5-12-14(2)6-9/h5-7,11H,3-4H2,1-2H3. The molecule has 0 bridgehead atoms. The van der Waals surface area contributed by atoms with E-state index in [1.54, 1.807) is 23.3 Å². The third-order valence-corrected chi connectivity index (χ3v) is 1.97. The maximum absolute atomic E-state index is 5.37. The maximum atomic E-state index is 5.37. The zero-order chi connectivity index (χ0) is 11.4. The summed E-state index contributed by atoms with van der Waals surface area (Å²) in [5.41, 5.74) is 0.820. The molecule has 0 unspecified atom stereocenters. The topological polar surface area (TPSA) is 65.1 Å². The van der Waals surface area contributed by atoms with E-state index >= 15 is 0 Å². The number of hydrogen-bond donors (Lipinski definition) is 1. The molecule has 2 heterocycles. The van der Waals surface area contributed by atoms with Crippen molar-refractivity contribution in [2.75, 3.05) is 6.54 Å². The van der Waals surface area contributed by atoms with Crippen LogP contribution in [-0.4, -0.2) is 21.3 Å². The van der Waals surface area contributed by atoms with Crippen molar-refractivity contribution in [1.82, 2.24) is 20.1 Å². The maximum Gasteiger partial charge on any atom is 0.399 e. The van der Waals surface area contributed by atoms with Crippen LogP contribution < -0.4 is 10.1 Å². The molecular formula is C10H14N4O2. The van der Waals surface area contributed by atoms with E-state index in [0.29, 0.717) is 12.3 Å². The molecule has 0 spiro atoms. The summed E-state index contributed by atoms with van der Waals surface area (Å²) in [6.07, 6.45) is 5.16. The predicted octanol–water partition coefficient (Wildman–Crippen LogP) is 1.31. The summed E-state index contributed by atoms with van der Waals surface area (Å²) in [6, 6.07) is 0. The van der Waals surface area contributed by atoms with Gasteiger partial charge in [-0.05, 0) is 6.54 Å². The molecule has 0 aliphatic rings. The molecule has 2 rings (SSSR count). The fraction of sp³-hybridized carbons (Fsp3) is 0.400. The van der Waals surface area contributed by atoms with Crippen LogP contribution in [-0.2, 0) is 13.6 Å². The zero-order valence-corrected chi connectivity index (χ0v) is 9.30. The van der Waals surface area contributed by atoms with Gasteiger partial charge < -0.3 is 14.5 Å². The first-order chi connectivity index (χ1) is 7.78. The van der Waals surface area contributed by atoms with Crippen molar-refractivity contribution in [3.63, 3.8) is 0 Å². The van der Waals surface area contributed by atoms with Crippen molar-refractivity contribution in [1.29, 1.82) is 0 Å². The van der Waals surface area contributed by atoms with Gasteiger partial charge in [-0.2, -0.15) is 10.1 Å². The molecule has 0 fully saturated rings. The molecule has 86 valence electrons. The van der Waals surface area contributed by atoms with E-state index < -0.39 is 0 Å². The van der Waals surface area contributed by atoms with Crippen LogP contribution in [0.1, 0.15) is 12.6 Å². The van der Waals surface area contributed by atoms with E-state index in [0.717, 1.165) is 12.2 Å². The third-order valence-electron chi connectivity index (χ3n) is 1.97. The van der Waals surface area contributed by atoms with E-state index in [4.69, 9.17) is 9.15 Å². The van der Waals surface area contributed by atoms with E-state index in [1.165, 1.54) is 0 Å². The van der Waals surface area contributed by atoms with Crippen LogP contribution in [0.15, 0.2) is 23.1 Å². The molecule has 0 saturated heterocycles. The fourth-order valence-corrected chi connectivity index (χ4v) is 1.22. The molecule has 0 aliphatic carbocycles. The first-order valence-electron chi connectivity index (χ1n) is 5.09. The lowest BCUT2D eigenvalue weighted by Gasteiger charge is -1.95. The molecule has 1 N–H and O–H groups in total. The number of aryl methyl sites for hydroxylation is 1. The highest BCUT2D eigenvalue weighted by Crippen LogP contribution is 2.19. The van der Waals surface area contributed by atoms with Gasteiger partial charge in [-0.25, -0.2) is 0 Å². The Kier molecular flexibility index (Phi) is 3.21. The van der Waals surface area contributed by atoms with Crippen LogP contribution in [0, 0.1) is 0 Å². The minimum absolute atomic E-state index is 0.237. The summed E-state index contributed by atoms with van der Waals surface area (Å²) in [6.45, 7) is 3.61. The second-order valence-corrected chi connectivity index (χ2v) is 3.34. The van der Waals surface area contributed by atoms with Crippen LogP contribution in [0.4, 0.5) is 0 Å². The van der Waals surface area contributed by atoms with E-state index in [-0.39, 0.29) is 6.08 Å². The van der Waals surface area contributed by atoms with Crippen LogP contribution in [0.3, 0.4) is 0 Å². The Labute approximate surface area is 93.2 Å². The van der Waals surface area contributed by atoms with Gasteiger partial charge in [0.2, 0.25) is 0 Å². The van der Waals surface area contributed by atoms with Gasteiger partial charge in [0.15, 0.2) is 5.75 Å². The molecule has 6 nitrogen and oxygen atoms in total. The molecule has 2 aromatic heterocycles. The van der Waals surface area contributed by atoms with Crippen molar-refractivity contribution in [2.45, 2.75) is 13.5 Å². The molecule has 0 aromatic carbocycles. The van der Waals surface area contributed by atoms with E-state index in [1.807, 2.05) is 14.0 Å². The number of rotatable bonds is 5. The molecule has 0 saturated carbocycles. The third kappa shape index (κ3) is 2.60. The summed E-state index contributed by atoms with van der Waals surface area (Å²) in [7, 11) is 1.82. The van der Waals surface area contributed by atoms with Gasteiger partial charge in [-0.1, -0.05) is 6.92 Å². The summed E-state index contributed by atoms with van der Waals surface area (Å²) in [4.78, 5) is 4.16. The normalized spacial score (nSPS) is 10.6. The highest BCUT2D eigenvalue weighted by molar-refractivity contribution is 5.16. The average Bonchev–Trinajstić information content (AvgIpc) is 2.86. The Morgan fingerprint density at radius 1 is 1.56 bits per heavy atom. The summed E-state index contributed by atoms with van der Waals surface area (Å²) >= 11 is 0. The van der Waals surface area contributed by atoms with Gasteiger partial charge in [0.1, 0.15) is 6.26 Å². The van der Waals surface area contributed by atoms with E-state index in [9.17, 15) is 0 Å². The first kappa shape index (κ1) is 10.7. The van der Waals surface area contributed by atoms with Crippen molar-refractivity contribution >= 4 is 0 Å². The van der Waals surface area contributed by atoms with Gasteiger partial charge >= 0.3 is 6.08 Å². The number of nitrogens with zero attached hydrogens (tertiary/aromatic N) is 3. The number of ether oxygens (including phenoxy) is 1. The molecule has 0 aliphatic heterocycles. The Balaban J connectivity index is 1.97. The van der Waals surface area contributed by atoms with Gasteiger partial charge in [0.25, 0.3) is 0 Å². The lowest BCUT2D eigenvalue weighted by molar-refractivity contribution is 0.330. The highest BCUT2D eigenvalue weighted by Gasteiger charge is 2.06. The van der Waals surface area contributed by atoms with Crippen molar-refractivity contribution in [2.24, 2.45) is 7.05 Å². The predicted molar refractivity (Wildman–Crippen MR) is 57.2 cm³/mol. The van der Waals surface area contributed by atoms with Gasteiger partial charge in [0, 0.05) is 13.6 Å². The Bertz CT molecular complexity index is 449. The number of aromatic nitrogens is 3. The van der Waals surface area contributed by atoms with Gasteiger partial charge in [0.05, 0.1) is 18.1 Å². The molecule has 0 radical (unpaired) electrons. The molecule has 0 atom stereocenters. The van der Waals surface area contributed by atoms with Gasteiger partial charge in [-0.3, -0.25) is 4.68 Å². The van der Waals surface area contributed by atoms with Crippen LogP contribution in [0.2, 0.25) is 0 Å².